The zero-order valence-corrected chi connectivity index (χ0v) is 12.9. The van der Waals surface area contributed by atoms with Crippen LogP contribution in [0.1, 0.15) is 49.0 Å². The fourth-order valence-electron chi connectivity index (χ4n) is 2.65. The van der Waals surface area contributed by atoms with E-state index in [0.29, 0.717) is 10.4 Å². The summed E-state index contributed by atoms with van der Waals surface area (Å²) in [4.78, 5) is 13.3. The standard InChI is InChI=1S/C16H22ClNO2/c1-3-16(2)6-8-18(9-7-16)11-13-5-4-12(15(19)20)10-14(13)17/h4-5,10H,3,6-9,11H2,1-2H3,(H,19,20). The Morgan fingerprint density at radius 2 is 2.05 bits per heavy atom. The molecule has 2 rings (SSSR count). The van der Waals surface area contributed by atoms with Gasteiger partial charge in [-0.15, -0.1) is 0 Å². The predicted octanol–water partition coefficient (Wildman–Crippen LogP) is 4.05. The Hall–Kier alpha value is -1.06. The average molecular weight is 296 g/mol. The summed E-state index contributed by atoms with van der Waals surface area (Å²) >= 11 is 6.19. The van der Waals surface area contributed by atoms with E-state index < -0.39 is 5.97 Å². The molecule has 0 aliphatic carbocycles. The van der Waals surface area contributed by atoms with Crippen molar-refractivity contribution in [3.63, 3.8) is 0 Å². The summed E-state index contributed by atoms with van der Waals surface area (Å²) in [5, 5.41) is 9.49. The van der Waals surface area contributed by atoms with E-state index in [1.54, 1.807) is 12.1 Å². The monoisotopic (exact) mass is 295 g/mol. The van der Waals surface area contributed by atoms with Crippen LogP contribution in [0, 0.1) is 5.41 Å². The smallest absolute Gasteiger partial charge is 0.335 e. The average Bonchev–Trinajstić information content (AvgIpc) is 2.43. The molecule has 20 heavy (non-hydrogen) atoms. The number of likely N-dealkylation sites (tertiary alicyclic amines) is 1. The Balaban J connectivity index is 2.00. The van der Waals surface area contributed by atoms with Crippen LogP contribution in [0.5, 0.6) is 0 Å². The number of carboxylic acids is 1. The van der Waals surface area contributed by atoms with E-state index in [1.807, 2.05) is 6.07 Å². The molecular weight excluding hydrogens is 274 g/mol. The molecule has 0 saturated carbocycles. The van der Waals surface area contributed by atoms with Crippen LogP contribution in [-0.4, -0.2) is 29.1 Å². The van der Waals surface area contributed by atoms with E-state index in [9.17, 15) is 4.79 Å². The minimum absolute atomic E-state index is 0.246. The second-order valence-corrected chi connectivity index (χ2v) is 6.46. The summed E-state index contributed by atoms with van der Waals surface area (Å²) in [7, 11) is 0. The molecule has 1 aliphatic rings. The van der Waals surface area contributed by atoms with Crippen molar-refractivity contribution in [1.82, 2.24) is 4.90 Å². The third-order valence-electron chi connectivity index (χ3n) is 4.61. The van der Waals surface area contributed by atoms with Gasteiger partial charge < -0.3 is 5.11 Å². The number of benzene rings is 1. The first kappa shape index (κ1) is 15.3. The van der Waals surface area contributed by atoms with Crippen molar-refractivity contribution in [2.45, 2.75) is 39.7 Å². The van der Waals surface area contributed by atoms with Gasteiger partial charge >= 0.3 is 5.97 Å². The third-order valence-corrected chi connectivity index (χ3v) is 4.96. The molecule has 0 radical (unpaired) electrons. The van der Waals surface area contributed by atoms with Crippen molar-refractivity contribution < 1.29 is 9.90 Å². The van der Waals surface area contributed by atoms with Crippen LogP contribution < -0.4 is 0 Å². The van der Waals surface area contributed by atoms with Crippen LogP contribution in [0.3, 0.4) is 0 Å². The maximum Gasteiger partial charge on any atom is 0.335 e. The zero-order chi connectivity index (χ0) is 14.8. The second-order valence-electron chi connectivity index (χ2n) is 6.05. The minimum Gasteiger partial charge on any atom is -0.478 e. The number of hydrogen-bond donors (Lipinski definition) is 1. The maximum atomic E-state index is 10.9. The Kier molecular flexibility index (Phi) is 4.71. The van der Waals surface area contributed by atoms with Crippen LogP contribution in [0.4, 0.5) is 0 Å². The van der Waals surface area contributed by atoms with Gasteiger partial charge in [0.05, 0.1) is 5.56 Å². The van der Waals surface area contributed by atoms with Gasteiger partial charge in [0.25, 0.3) is 0 Å². The van der Waals surface area contributed by atoms with Crippen molar-refractivity contribution >= 4 is 17.6 Å². The zero-order valence-electron chi connectivity index (χ0n) is 12.2. The highest BCUT2D eigenvalue weighted by Crippen LogP contribution is 2.34. The largest absolute Gasteiger partial charge is 0.478 e. The number of carboxylic acid groups (broad SMARTS) is 1. The molecule has 0 unspecified atom stereocenters. The first-order chi connectivity index (χ1) is 9.43. The summed E-state index contributed by atoms with van der Waals surface area (Å²) in [5.41, 5.74) is 1.74. The van der Waals surface area contributed by atoms with Crippen molar-refractivity contribution in [3.8, 4) is 0 Å². The molecule has 1 heterocycles. The molecule has 0 amide bonds. The molecule has 1 aromatic carbocycles. The Bertz CT molecular complexity index is 493. The van der Waals surface area contributed by atoms with E-state index in [-0.39, 0.29) is 5.56 Å². The van der Waals surface area contributed by atoms with Gasteiger partial charge in [0.15, 0.2) is 0 Å². The van der Waals surface area contributed by atoms with Gasteiger partial charge in [-0.05, 0) is 49.0 Å². The number of nitrogens with zero attached hydrogens (tertiary/aromatic N) is 1. The molecule has 1 fully saturated rings. The van der Waals surface area contributed by atoms with E-state index in [1.165, 1.54) is 19.3 Å². The summed E-state index contributed by atoms with van der Waals surface area (Å²) in [6, 6.07) is 5.00. The fraction of sp³-hybridized carbons (Fsp3) is 0.562. The molecule has 0 atom stereocenters. The molecule has 0 aromatic heterocycles. The molecule has 1 aromatic rings. The number of hydrogen-bond acceptors (Lipinski definition) is 2. The van der Waals surface area contributed by atoms with Gasteiger partial charge in [0.2, 0.25) is 0 Å². The molecule has 4 heteroatoms. The summed E-state index contributed by atoms with van der Waals surface area (Å²) in [6.45, 7) is 7.59. The molecular formula is C16H22ClNO2. The summed E-state index contributed by atoms with van der Waals surface area (Å²) in [6.07, 6.45) is 3.66. The van der Waals surface area contributed by atoms with E-state index in [2.05, 4.69) is 18.7 Å². The highest BCUT2D eigenvalue weighted by atomic mass is 35.5. The predicted molar refractivity (Wildman–Crippen MR) is 81.3 cm³/mol. The molecule has 1 N–H and O–H groups in total. The first-order valence-electron chi connectivity index (χ1n) is 7.17. The highest BCUT2D eigenvalue weighted by Gasteiger charge is 2.28. The van der Waals surface area contributed by atoms with Crippen molar-refractivity contribution in [3.05, 3.63) is 34.3 Å². The van der Waals surface area contributed by atoms with Crippen LogP contribution in [-0.2, 0) is 6.54 Å². The van der Waals surface area contributed by atoms with Crippen LogP contribution in [0.2, 0.25) is 5.02 Å². The van der Waals surface area contributed by atoms with Gasteiger partial charge in [-0.1, -0.05) is 37.9 Å². The number of rotatable bonds is 4. The molecule has 3 nitrogen and oxygen atoms in total. The highest BCUT2D eigenvalue weighted by molar-refractivity contribution is 6.31. The topological polar surface area (TPSA) is 40.5 Å². The fourth-order valence-corrected chi connectivity index (χ4v) is 2.89. The van der Waals surface area contributed by atoms with E-state index in [4.69, 9.17) is 16.7 Å². The van der Waals surface area contributed by atoms with Crippen LogP contribution in [0.25, 0.3) is 0 Å². The van der Waals surface area contributed by atoms with Gasteiger partial charge in [0, 0.05) is 11.6 Å². The Morgan fingerprint density at radius 1 is 1.40 bits per heavy atom. The lowest BCUT2D eigenvalue weighted by atomic mass is 9.78. The van der Waals surface area contributed by atoms with Gasteiger partial charge in [-0.2, -0.15) is 0 Å². The van der Waals surface area contributed by atoms with E-state index in [0.717, 1.165) is 25.2 Å². The third kappa shape index (κ3) is 3.53. The first-order valence-corrected chi connectivity index (χ1v) is 7.55. The Morgan fingerprint density at radius 3 is 2.55 bits per heavy atom. The SMILES string of the molecule is CCC1(C)CCN(Cc2ccc(C(=O)O)cc2Cl)CC1. The molecule has 1 aliphatic heterocycles. The van der Waals surface area contributed by atoms with Crippen molar-refractivity contribution in [2.75, 3.05) is 13.1 Å². The molecule has 0 spiro atoms. The maximum absolute atomic E-state index is 10.9. The molecule has 0 bridgehead atoms. The number of aromatic carboxylic acids is 1. The van der Waals surface area contributed by atoms with E-state index >= 15 is 0 Å². The lowest BCUT2D eigenvalue weighted by Crippen LogP contribution is -2.37. The lowest BCUT2D eigenvalue weighted by Gasteiger charge is -2.39. The Labute approximate surface area is 125 Å². The summed E-state index contributed by atoms with van der Waals surface area (Å²) in [5.74, 6) is -0.935. The van der Waals surface area contributed by atoms with Gasteiger partial charge in [0.1, 0.15) is 0 Å². The molecule has 110 valence electrons. The van der Waals surface area contributed by atoms with Crippen LogP contribution in [0.15, 0.2) is 18.2 Å². The van der Waals surface area contributed by atoms with Gasteiger partial charge in [-0.25, -0.2) is 4.79 Å². The van der Waals surface area contributed by atoms with Crippen molar-refractivity contribution in [1.29, 1.82) is 0 Å². The van der Waals surface area contributed by atoms with Crippen molar-refractivity contribution in [2.24, 2.45) is 5.41 Å². The van der Waals surface area contributed by atoms with Gasteiger partial charge in [-0.3, -0.25) is 4.90 Å². The normalized spacial score (nSPS) is 18.9. The number of carbonyl (C=O) groups is 1. The quantitative estimate of drug-likeness (QED) is 0.911. The minimum atomic E-state index is -0.935. The van der Waals surface area contributed by atoms with Crippen LogP contribution >= 0.6 is 11.6 Å². The number of halogens is 1. The second kappa shape index (κ2) is 6.15. The summed E-state index contributed by atoms with van der Waals surface area (Å²) < 4.78 is 0. The molecule has 1 saturated heterocycles. The lowest BCUT2D eigenvalue weighted by molar-refractivity contribution is 0.0696. The number of piperidine rings is 1.